The lowest BCUT2D eigenvalue weighted by Gasteiger charge is -2.13. The first-order valence-electron chi connectivity index (χ1n) is 8.45. The van der Waals surface area contributed by atoms with Gasteiger partial charge in [0.25, 0.3) is 0 Å². The van der Waals surface area contributed by atoms with E-state index in [-0.39, 0.29) is 12.1 Å². The number of hydrogen-bond acceptors (Lipinski definition) is 3. The zero-order valence-corrected chi connectivity index (χ0v) is 16.3. The van der Waals surface area contributed by atoms with Crippen LogP contribution < -0.4 is 0 Å². The lowest BCUT2D eigenvalue weighted by atomic mass is 10.1. The molecule has 0 saturated heterocycles. The highest BCUT2D eigenvalue weighted by atomic mass is 16.5. The standard InChI is InChI=1S/C10H16O2.C10H18O2/c1-8(2)5-4-6-9(3)7-10(11)12;1-5-6-10(11)12-9(4)7-8(2)3/h5,7H,4,6H2,1-3H3,(H,11,12);5-6,8-9H,7H2,1-4H3/b;6-5+. The Morgan fingerprint density at radius 2 is 1.71 bits per heavy atom. The van der Waals surface area contributed by atoms with Crippen molar-refractivity contribution in [3.63, 3.8) is 0 Å². The average Bonchev–Trinajstić information content (AvgIpc) is 2.36. The predicted octanol–water partition coefficient (Wildman–Crippen LogP) is 5.30. The highest BCUT2D eigenvalue weighted by Crippen LogP contribution is 2.07. The molecule has 1 atom stereocenters. The molecular formula is C20H34O4. The minimum Gasteiger partial charge on any atom is -0.478 e. The molecule has 4 nitrogen and oxygen atoms in total. The first kappa shape index (κ1) is 24.4. The summed E-state index contributed by atoms with van der Waals surface area (Å²) in [4.78, 5) is 21.1. The highest BCUT2D eigenvalue weighted by molar-refractivity contribution is 5.81. The van der Waals surface area contributed by atoms with Crippen LogP contribution in [0.4, 0.5) is 0 Å². The topological polar surface area (TPSA) is 63.6 Å². The summed E-state index contributed by atoms with van der Waals surface area (Å²) < 4.78 is 5.08. The van der Waals surface area contributed by atoms with E-state index in [1.807, 2.05) is 27.7 Å². The van der Waals surface area contributed by atoms with Gasteiger partial charge in [0, 0.05) is 12.2 Å². The fourth-order valence-corrected chi connectivity index (χ4v) is 1.96. The maximum atomic E-state index is 10.9. The van der Waals surface area contributed by atoms with Crippen LogP contribution in [0.2, 0.25) is 0 Å². The van der Waals surface area contributed by atoms with Gasteiger partial charge in [0.15, 0.2) is 0 Å². The SMILES string of the molecule is C/C=C/C(=O)OC(C)CC(C)C.CC(C)=CCCC(C)=CC(=O)O. The number of ether oxygens (including phenoxy) is 1. The fourth-order valence-electron chi connectivity index (χ4n) is 1.96. The molecule has 0 aliphatic heterocycles. The highest BCUT2D eigenvalue weighted by Gasteiger charge is 2.07. The molecule has 0 aromatic carbocycles. The molecule has 138 valence electrons. The summed E-state index contributed by atoms with van der Waals surface area (Å²) in [5, 5.41) is 8.40. The van der Waals surface area contributed by atoms with Crippen molar-refractivity contribution in [2.24, 2.45) is 5.92 Å². The van der Waals surface area contributed by atoms with E-state index in [0.717, 1.165) is 24.8 Å². The number of aliphatic carboxylic acids is 1. The third-order valence-corrected chi connectivity index (χ3v) is 2.88. The maximum Gasteiger partial charge on any atom is 0.330 e. The Labute approximate surface area is 147 Å². The first-order chi connectivity index (χ1) is 11.1. The van der Waals surface area contributed by atoms with Crippen LogP contribution in [0.25, 0.3) is 0 Å². The van der Waals surface area contributed by atoms with Crippen molar-refractivity contribution in [1.29, 1.82) is 0 Å². The van der Waals surface area contributed by atoms with Crippen LogP contribution in [0.1, 0.15) is 67.7 Å². The van der Waals surface area contributed by atoms with Crippen molar-refractivity contribution in [2.75, 3.05) is 0 Å². The van der Waals surface area contributed by atoms with Gasteiger partial charge >= 0.3 is 11.9 Å². The van der Waals surface area contributed by atoms with Gasteiger partial charge in [-0.3, -0.25) is 0 Å². The molecule has 0 aliphatic carbocycles. The van der Waals surface area contributed by atoms with Crippen LogP contribution in [0, 0.1) is 5.92 Å². The normalized spacial score (nSPS) is 12.4. The van der Waals surface area contributed by atoms with Gasteiger partial charge in [0.1, 0.15) is 0 Å². The number of carbonyl (C=O) groups is 2. The molecule has 4 heteroatoms. The molecule has 0 saturated carbocycles. The van der Waals surface area contributed by atoms with E-state index in [9.17, 15) is 9.59 Å². The molecule has 0 aliphatic rings. The van der Waals surface area contributed by atoms with E-state index in [0.29, 0.717) is 5.92 Å². The molecule has 0 bridgehead atoms. The van der Waals surface area contributed by atoms with Crippen molar-refractivity contribution in [3.8, 4) is 0 Å². The average molecular weight is 338 g/mol. The maximum absolute atomic E-state index is 10.9. The minimum atomic E-state index is -0.857. The number of carbonyl (C=O) groups excluding carboxylic acids is 1. The van der Waals surface area contributed by atoms with Crippen molar-refractivity contribution in [1.82, 2.24) is 0 Å². The van der Waals surface area contributed by atoms with Crippen molar-refractivity contribution in [3.05, 3.63) is 35.5 Å². The van der Waals surface area contributed by atoms with E-state index < -0.39 is 5.97 Å². The number of esters is 1. The van der Waals surface area contributed by atoms with Crippen molar-refractivity contribution < 1.29 is 19.4 Å². The quantitative estimate of drug-likeness (QED) is 0.370. The van der Waals surface area contributed by atoms with E-state index in [4.69, 9.17) is 9.84 Å². The van der Waals surface area contributed by atoms with Crippen molar-refractivity contribution in [2.45, 2.75) is 73.8 Å². The monoisotopic (exact) mass is 338 g/mol. The second kappa shape index (κ2) is 14.7. The van der Waals surface area contributed by atoms with Crippen LogP contribution in [0.5, 0.6) is 0 Å². The molecule has 0 heterocycles. The number of rotatable bonds is 8. The summed E-state index contributed by atoms with van der Waals surface area (Å²) in [7, 11) is 0. The van der Waals surface area contributed by atoms with Gasteiger partial charge in [0.2, 0.25) is 0 Å². The van der Waals surface area contributed by atoms with Gasteiger partial charge in [-0.15, -0.1) is 0 Å². The largest absolute Gasteiger partial charge is 0.478 e. The Balaban J connectivity index is 0. The summed E-state index contributed by atoms with van der Waals surface area (Å²) in [5.74, 6) is -0.534. The Bertz CT molecular complexity index is 452. The van der Waals surface area contributed by atoms with Crippen LogP contribution >= 0.6 is 0 Å². The molecule has 1 unspecified atom stereocenters. The van der Waals surface area contributed by atoms with Crippen LogP contribution in [-0.4, -0.2) is 23.1 Å². The molecule has 24 heavy (non-hydrogen) atoms. The molecule has 0 amide bonds. The third kappa shape index (κ3) is 20.2. The van der Waals surface area contributed by atoms with E-state index in [2.05, 4.69) is 19.9 Å². The summed E-state index contributed by atoms with van der Waals surface area (Å²) >= 11 is 0. The minimum absolute atomic E-state index is 0.0219. The first-order valence-corrected chi connectivity index (χ1v) is 8.45. The number of allylic oxidation sites excluding steroid dienone is 4. The van der Waals surface area contributed by atoms with Crippen LogP contribution in [0.15, 0.2) is 35.5 Å². The predicted molar refractivity (Wildman–Crippen MR) is 99.9 cm³/mol. The lowest BCUT2D eigenvalue weighted by molar-refractivity contribution is -0.142. The number of carboxylic acid groups (broad SMARTS) is 1. The van der Waals surface area contributed by atoms with Crippen LogP contribution in [-0.2, 0) is 14.3 Å². The smallest absolute Gasteiger partial charge is 0.330 e. The molecule has 0 fully saturated rings. The summed E-state index contributed by atoms with van der Waals surface area (Å²) in [6.07, 6.45) is 9.20. The van der Waals surface area contributed by atoms with Gasteiger partial charge in [-0.05, 0) is 59.8 Å². The Morgan fingerprint density at radius 1 is 1.12 bits per heavy atom. The molecule has 0 aromatic heterocycles. The van der Waals surface area contributed by atoms with Gasteiger partial charge < -0.3 is 9.84 Å². The Morgan fingerprint density at radius 3 is 2.12 bits per heavy atom. The van der Waals surface area contributed by atoms with E-state index in [1.54, 1.807) is 13.0 Å². The third-order valence-electron chi connectivity index (χ3n) is 2.88. The van der Waals surface area contributed by atoms with Gasteiger partial charge in [0.05, 0.1) is 6.10 Å². The van der Waals surface area contributed by atoms with Crippen LogP contribution in [0.3, 0.4) is 0 Å². The van der Waals surface area contributed by atoms with Gasteiger partial charge in [-0.2, -0.15) is 0 Å². The molecular weight excluding hydrogens is 304 g/mol. The van der Waals surface area contributed by atoms with Gasteiger partial charge in [-0.1, -0.05) is 37.1 Å². The zero-order chi connectivity index (χ0) is 19.1. The fraction of sp³-hybridized carbons (Fsp3) is 0.600. The molecule has 0 spiro atoms. The lowest BCUT2D eigenvalue weighted by Crippen LogP contribution is -2.15. The molecule has 1 N–H and O–H groups in total. The summed E-state index contributed by atoms with van der Waals surface area (Å²) in [5.41, 5.74) is 2.19. The second-order valence-corrected chi connectivity index (χ2v) is 6.53. The molecule has 0 rings (SSSR count). The molecule has 0 aromatic rings. The van der Waals surface area contributed by atoms with Gasteiger partial charge in [-0.25, -0.2) is 9.59 Å². The summed E-state index contributed by atoms with van der Waals surface area (Å²) in [6.45, 7) is 13.9. The number of carboxylic acids is 1. The summed E-state index contributed by atoms with van der Waals surface area (Å²) in [6, 6.07) is 0. The Hall–Kier alpha value is -1.84. The second-order valence-electron chi connectivity index (χ2n) is 6.53. The van der Waals surface area contributed by atoms with E-state index in [1.165, 1.54) is 17.7 Å². The Kier molecular flexibility index (Phi) is 15.0. The molecule has 0 radical (unpaired) electrons. The van der Waals surface area contributed by atoms with Crippen molar-refractivity contribution >= 4 is 11.9 Å². The zero-order valence-electron chi connectivity index (χ0n) is 16.3. The van der Waals surface area contributed by atoms with E-state index >= 15 is 0 Å². The number of hydrogen-bond donors (Lipinski definition) is 1.